The van der Waals surface area contributed by atoms with E-state index in [1.807, 2.05) is 12.1 Å². The number of halogens is 1. The van der Waals surface area contributed by atoms with E-state index in [4.69, 9.17) is 4.74 Å². The first-order chi connectivity index (χ1) is 15.3. The van der Waals surface area contributed by atoms with Crippen LogP contribution in [0.5, 0.6) is 5.75 Å². The summed E-state index contributed by atoms with van der Waals surface area (Å²) in [7, 11) is -2.44. The van der Waals surface area contributed by atoms with Gasteiger partial charge in [-0.15, -0.1) is 0 Å². The van der Waals surface area contributed by atoms with Crippen LogP contribution < -0.4 is 14.5 Å². The van der Waals surface area contributed by atoms with Gasteiger partial charge >= 0.3 is 0 Å². The average Bonchev–Trinajstić information content (AvgIpc) is 2.79. The second-order valence-corrected chi connectivity index (χ2v) is 9.57. The summed E-state index contributed by atoms with van der Waals surface area (Å²) in [6.45, 7) is 1.35. The Kier molecular flexibility index (Phi) is 7.66. The molecule has 7 nitrogen and oxygen atoms in total. The normalized spacial score (nSPS) is 11.3. The summed E-state index contributed by atoms with van der Waals surface area (Å²) in [5, 5.41) is 3.97. The summed E-state index contributed by atoms with van der Waals surface area (Å²) in [5.41, 5.74) is 4.19. The first-order valence-corrected chi connectivity index (χ1v) is 11.8. The molecule has 1 amide bonds. The maximum Gasteiger partial charge on any atom is 0.264 e. The van der Waals surface area contributed by atoms with Crippen LogP contribution in [0.4, 0.5) is 5.69 Å². The molecule has 0 unspecified atom stereocenters. The molecule has 166 valence electrons. The van der Waals surface area contributed by atoms with Crippen LogP contribution in [0, 0.1) is 6.92 Å². The third kappa shape index (κ3) is 5.54. The van der Waals surface area contributed by atoms with E-state index in [1.54, 1.807) is 55.5 Å². The molecule has 3 aromatic carbocycles. The number of benzene rings is 3. The number of nitrogens with zero attached hydrogens (tertiary/aromatic N) is 2. The standard InChI is InChI=1S/C23H22BrN3O4S/c1-17-8-6-7-11-21(17)27(32(29,30)20-9-4-3-5-10-20)16-23(28)26-25-15-18-14-19(24)12-13-22(18)31-2/h3-15H,16H2,1-2H3,(H,26,28). The fraction of sp³-hybridized carbons (Fsp3) is 0.130. The van der Waals surface area contributed by atoms with Crippen molar-refractivity contribution < 1.29 is 17.9 Å². The van der Waals surface area contributed by atoms with Gasteiger partial charge in [0.15, 0.2) is 0 Å². The lowest BCUT2D eigenvalue weighted by atomic mass is 10.2. The van der Waals surface area contributed by atoms with Gasteiger partial charge in [-0.05, 0) is 48.9 Å². The third-order valence-corrected chi connectivity index (χ3v) is 6.85. The highest BCUT2D eigenvalue weighted by Gasteiger charge is 2.27. The Morgan fingerprint density at radius 2 is 1.78 bits per heavy atom. The van der Waals surface area contributed by atoms with Crippen molar-refractivity contribution in [1.82, 2.24) is 5.43 Å². The maximum atomic E-state index is 13.3. The van der Waals surface area contributed by atoms with Crippen molar-refractivity contribution in [2.24, 2.45) is 5.10 Å². The van der Waals surface area contributed by atoms with Crippen molar-refractivity contribution in [2.75, 3.05) is 18.0 Å². The Morgan fingerprint density at radius 3 is 2.47 bits per heavy atom. The zero-order valence-corrected chi connectivity index (χ0v) is 19.9. The van der Waals surface area contributed by atoms with Gasteiger partial charge in [0.25, 0.3) is 15.9 Å². The smallest absolute Gasteiger partial charge is 0.264 e. The van der Waals surface area contributed by atoms with Gasteiger partial charge in [-0.25, -0.2) is 13.8 Å². The van der Waals surface area contributed by atoms with Crippen LogP contribution in [-0.4, -0.2) is 34.2 Å². The number of rotatable bonds is 8. The van der Waals surface area contributed by atoms with Gasteiger partial charge in [0.05, 0.1) is 23.9 Å². The molecule has 3 aromatic rings. The van der Waals surface area contributed by atoms with Crippen LogP contribution in [0.3, 0.4) is 0 Å². The Hall–Kier alpha value is -3.17. The van der Waals surface area contributed by atoms with E-state index in [0.29, 0.717) is 17.0 Å². The quantitative estimate of drug-likeness (QED) is 0.361. The third-order valence-electron chi connectivity index (χ3n) is 4.59. The number of methoxy groups -OCH3 is 1. The summed E-state index contributed by atoms with van der Waals surface area (Å²) in [6, 6.07) is 20.4. The van der Waals surface area contributed by atoms with Gasteiger partial charge in [-0.2, -0.15) is 5.10 Å². The molecule has 9 heteroatoms. The SMILES string of the molecule is COc1ccc(Br)cc1C=NNC(=O)CN(c1ccccc1C)S(=O)(=O)c1ccccc1. The molecule has 0 radical (unpaired) electrons. The molecule has 0 saturated heterocycles. The molecule has 0 aromatic heterocycles. The van der Waals surface area contributed by atoms with Crippen molar-refractivity contribution >= 4 is 43.8 Å². The van der Waals surface area contributed by atoms with Gasteiger partial charge in [0.1, 0.15) is 12.3 Å². The maximum absolute atomic E-state index is 13.3. The van der Waals surface area contributed by atoms with E-state index < -0.39 is 22.5 Å². The number of para-hydroxylation sites is 1. The van der Waals surface area contributed by atoms with Gasteiger partial charge in [-0.3, -0.25) is 9.10 Å². The van der Waals surface area contributed by atoms with Gasteiger partial charge < -0.3 is 4.74 Å². The minimum Gasteiger partial charge on any atom is -0.496 e. The molecule has 0 fully saturated rings. The van der Waals surface area contributed by atoms with Crippen molar-refractivity contribution in [2.45, 2.75) is 11.8 Å². The molecule has 0 aliphatic heterocycles. The number of nitrogens with one attached hydrogen (secondary N) is 1. The molecule has 0 heterocycles. The highest BCUT2D eigenvalue weighted by Crippen LogP contribution is 2.26. The number of sulfonamides is 1. The fourth-order valence-corrected chi connectivity index (χ4v) is 4.89. The van der Waals surface area contributed by atoms with Crippen LogP contribution in [-0.2, 0) is 14.8 Å². The first kappa shape index (κ1) is 23.5. The molecule has 0 bridgehead atoms. The lowest BCUT2D eigenvalue weighted by Gasteiger charge is -2.25. The number of hydrogen-bond donors (Lipinski definition) is 1. The minimum absolute atomic E-state index is 0.0958. The Balaban J connectivity index is 1.85. The zero-order chi connectivity index (χ0) is 23.1. The number of anilines is 1. The predicted molar refractivity (Wildman–Crippen MR) is 129 cm³/mol. The molecule has 0 saturated carbocycles. The Bertz CT molecular complexity index is 1230. The van der Waals surface area contributed by atoms with Crippen molar-refractivity contribution in [3.05, 3.63) is 88.4 Å². The van der Waals surface area contributed by atoms with Crippen LogP contribution in [0.25, 0.3) is 0 Å². The number of hydrazone groups is 1. The molecular formula is C23H22BrN3O4S. The van der Waals surface area contributed by atoms with Crippen LogP contribution >= 0.6 is 15.9 Å². The van der Waals surface area contributed by atoms with Gasteiger partial charge in [-0.1, -0.05) is 52.3 Å². The van der Waals surface area contributed by atoms with E-state index in [9.17, 15) is 13.2 Å². The lowest BCUT2D eigenvalue weighted by molar-refractivity contribution is -0.119. The summed E-state index contributed by atoms with van der Waals surface area (Å²) < 4.78 is 33.8. The molecule has 0 atom stereocenters. The first-order valence-electron chi connectivity index (χ1n) is 9.62. The van der Waals surface area contributed by atoms with Crippen LogP contribution in [0.15, 0.2) is 87.3 Å². The van der Waals surface area contributed by atoms with Crippen LogP contribution in [0.1, 0.15) is 11.1 Å². The van der Waals surface area contributed by atoms with E-state index in [0.717, 1.165) is 14.3 Å². The number of aryl methyl sites for hydroxylation is 1. The van der Waals surface area contributed by atoms with E-state index in [2.05, 4.69) is 26.5 Å². The highest BCUT2D eigenvalue weighted by atomic mass is 79.9. The highest BCUT2D eigenvalue weighted by molar-refractivity contribution is 9.10. The molecular weight excluding hydrogens is 494 g/mol. The number of carbonyl (C=O) groups is 1. The summed E-state index contributed by atoms with van der Waals surface area (Å²) in [4.78, 5) is 12.8. The Morgan fingerprint density at radius 1 is 1.09 bits per heavy atom. The fourth-order valence-electron chi connectivity index (χ4n) is 3.01. The lowest BCUT2D eigenvalue weighted by Crippen LogP contribution is -2.40. The molecule has 3 rings (SSSR count). The second-order valence-electron chi connectivity index (χ2n) is 6.79. The van der Waals surface area contributed by atoms with E-state index >= 15 is 0 Å². The average molecular weight is 516 g/mol. The monoisotopic (exact) mass is 515 g/mol. The minimum atomic E-state index is -3.97. The molecule has 32 heavy (non-hydrogen) atoms. The van der Waals surface area contributed by atoms with Crippen molar-refractivity contribution in [3.63, 3.8) is 0 Å². The number of carbonyl (C=O) groups excluding carboxylic acids is 1. The van der Waals surface area contributed by atoms with E-state index in [-0.39, 0.29) is 4.90 Å². The number of ether oxygens (including phenoxy) is 1. The molecule has 0 aliphatic rings. The van der Waals surface area contributed by atoms with Gasteiger partial charge in [0.2, 0.25) is 0 Å². The van der Waals surface area contributed by atoms with E-state index in [1.165, 1.54) is 25.5 Å². The summed E-state index contributed by atoms with van der Waals surface area (Å²) >= 11 is 3.38. The van der Waals surface area contributed by atoms with Crippen molar-refractivity contribution in [1.29, 1.82) is 0 Å². The second kappa shape index (κ2) is 10.4. The predicted octanol–water partition coefficient (Wildman–Crippen LogP) is 4.11. The number of amides is 1. The summed E-state index contributed by atoms with van der Waals surface area (Å²) in [5.74, 6) is -0.00244. The molecule has 1 N–H and O–H groups in total. The number of hydrogen-bond acceptors (Lipinski definition) is 5. The summed E-state index contributed by atoms with van der Waals surface area (Å²) in [6.07, 6.45) is 1.44. The largest absolute Gasteiger partial charge is 0.496 e. The van der Waals surface area contributed by atoms with Gasteiger partial charge in [0, 0.05) is 10.0 Å². The Labute approximate surface area is 195 Å². The molecule has 0 spiro atoms. The van der Waals surface area contributed by atoms with Crippen LogP contribution in [0.2, 0.25) is 0 Å². The van der Waals surface area contributed by atoms with Crippen molar-refractivity contribution in [3.8, 4) is 5.75 Å². The topological polar surface area (TPSA) is 88.1 Å². The molecule has 0 aliphatic carbocycles. The zero-order valence-electron chi connectivity index (χ0n) is 17.5.